The average molecular weight is 226 g/mol. The molecule has 1 aromatic carbocycles. The van der Waals surface area contributed by atoms with Crippen molar-refractivity contribution in [2.24, 2.45) is 0 Å². The number of rotatable bonds is 7. The molecule has 0 aromatic heterocycles. The second-order valence-electron chi connectivity index (χ2n) is 3.43. The molecule has 0 aliphatic carbocycles. The molecule has 1 rings (SSSR count). The highest BCUT2D eigenvalue weighted by Gasteiger charge is 2.09. The summed E-state index contributed by atoms with van der Waals surface area (Å²) in [6.07, 6.45) is 0.393. The molecule has 0 fully saturated rings. The lowest BCUT2D eigenvalue weighted by molar-refractivity contribution is -0.0863. The lowest BCUT2D eigenvalue weighted by Gasteiger charge is -2.15. The van der Waals surface area contributed by atoms with Crippen molar-refractivity contribution in [3.05, 3.63) is 29.8 Å². The molecule has 4 heteroatoms. The molecular formula is C12H18O4. The summed E-state index contributed by atoms with van der Waals surface area (Å²) in [5.74, 6) is 0.806. The Morgan fingerprint density at radius 1 is 1.31 bits per heavy atom. The molecule has 0 aliphatic rings. The lowest BCUT2D eigenvalue weighted by Crippen LogP contribution is -2.21. The van der Waals surface area contributed by atoms with E-state index in [2.05, 4.69) is 0 Å². The predicted octanol–water partition coefficient (Wildman–Crippen LogP) is 1.22. The van der Waals surface area contributed by atoms with Crippen molar-refractivity contribution in [3.8, 4) is 5.75 Å². The second kappa shape index (κ2) is 7.22. The fourth-order valence-electron chi connectivity index (χ4n) is 1.40. The first-order valence-corrected chi connectivity index (χ1v) is 5.14. The SMILES string of the molecule is COCOC(CO)Cc1cccc(OC)c1. The highest BCUT2D eigenvalue weighted by atomic mass is 16.7. The first kappa shape index (κ1) is 13.0. The molecule has 0 spiro atoms. The summed E-state index contributed by atoms with van der Waals surface area (Å²) in [7, 11) is 3.18. The number of hydrogen-bond acceptors (Lipinski definition) is 4. The van der Waals surface area contributed by atoms with Gasteiger partial charge in [0, 0.05) is 13.5 Å². The van der Waals surface area contributed by atoms with Crippen LogP contribution in [0.3, 0.4) is 0 Å². The minimum atomic E-state index is -0.243. The molecule has 1 aromatic rings. The maximum Gasteiger partial charge on any atom is 0.146 e. The zero-order valence-corrected chi connectivity index (χ0v) is 9.68. The van der Waals surface area contributed by atoms with E-state index in [9.17, 15) is 0 Å². The quantitative estimate of drug-likeness (QED) is 0.710. The van der Waals surface area contributed by atoms with Crippen LogP contribution in [0.5, 0.6) is 5.75 Å². The molecule has 0 aliphatic heterocycles. The number of benzene rings is 1. The van der Waals surface area contributed by atoms with Gasteiger partial charge in [-0.25, -0.2) is 0 Å². The normalized spacial score (nSPS) is 12.4. The molecule has 4 nitrogen and oxygen atoms in total. The van der Waals surface area contributed by atoms with E-state index in [1.165, 1.54) is 0 Å². The van der Waals surface area contributed by atoms with Gasteiger partial charge in [-0.2, -0.15) is 0 Å². The third kappa shape index (κ3) is 4.18. The number of aliphatic hydroxyl groups excluding tert-OH is 1. The van der Waals surface area contributed by atoms with Crippen LogP contribution in [0.15, 0.2) is 24.3 Å². The van der Waals surface area contributed by atoms with Crippen molar-refractivity contribution in [2.45, 2.75) is 12.5 Å². The summed E-state index contributed by atoms with van der Waals surface area (Å²) in [5.41, 5.74) is 1.06. The van der Waals surface area contributed by atoms with Gasteiger partial charge >= 0.3 is 0 Å². The van der Waals surface area contributed by atoms with Crippen LogP contribution in [-0.2, 0) is 15.9 Å². The van der Waals surface area contributed by atoms with Crippen LogP contribution in [0.1, 0.15) is 5.56 Å². The molecule has 0 bridgehead atoms. The predicted molar refractivity (Wildman–Crippen MR) is 60.5 cm³/mol. The number of aliphatic hydroxyl groups is 1. The van der Waals surface area contributed by atoms with Crippen molar-refractivity contribution >= 4 is 0 Å². The fourth-order valence-corrected chi connectivity index (χ4v) is 1.40. The van der Waals surface area contributed by atoms with Gasteiger partial charge in [-0.3, -0.25) is 0 Å². The summed E-state index contributed by atoms with van der Waals surface area (Å²) in [4.78, 5) is 0. The van der Waals surface area contributed by atoms with Crippen LogP contribution in [0.2, 0.25) is 0 Å². The first-order chi connectivity index (χ1) is 7.80. The van der Waals surface area contributed by atoms with E-state index in [0.717, 1.165) is 11.3 Å². The van der Waals surface area contributed by atoms with Gasteiger partial charge in [0.15, 0.2) is 0 Å². The maximum absolute atomic E-state index is 9.13. The van der Waals surface area contributed by atoms with E-state index in [0.29, 0.717) is 6.42 Å². The number of methoxy groups -OCH3 is 2. The molecule has 0 amide bonds. The van der Waals surface area contributed by atoms with Gasteiger partial charge in [0.25, 0.3) is 0 Å². The molecule has 0 saturated carbocycles. The van der Waals surface area contributed by atoms with Gasteiger partial charge in [-0.15, -0.1) is 0 Å². The maximum atomic E-state index is 9.13. The van der Waals surface area contributed by atoms with Crippen LogP contribution in [-0.4, -0.2) is 38.8 Å². The zero-order chi connectivity index (χ0) is 11.8. The third-order valence-electron chi connectivity index (χ3n) is 2.22. The molecule has 0 heterocycles. The summed E-state index contributed by atoms with van der Waals surface area (Å²) in [5, 5.41) is 9.13. The molecule has 1 N–H and O–H groups in total. The third-order valence-corrected chi connectivity index (χ3v) is 2.22. The molecular weight excluding hydrogens is 208 g/mol. The standard InChI is InChI=1S/C12H18O4/c1-14-9-16-12(8-13)7-10-4-3-5-11(6-10)15-2/h3-6,12-13H,7-9H2,1-2H3. The van der Waals surface area contributed by atoms with E-state index < -0.39 is 0 Å². The minimum Gasteiger partial charge on any atom is -0.497 e. The first-order valence-electron chi connectivity index (χ1n) is 5.14. The van der Waals surface area contributed by atoms with Crippen LogP contribution in [0, 0.1) is 0 Å². The van der Waals surface area contributed by atoms with E-state index in [-0.39, 0.29) is 19.5 Å². The highest BCUT2D eigenvalue weighted by Crippen LogP contribution is 2.14. The van der Waals surface area contributed by atoms with Gasteiger partial charge in [0.1, 0.15) is 12.5 Å². The van der Waals surface area contributed by atoms with Crippen LogP contribution < -0.4 is 4.74 Å². The van der Waals surface area contributed by atoms with Gasteiger partial charge in [-0.05, 0) is 17.7 Å². The molecule has 1 atom stereocenters. The molecule has 16 heavy (non-hydrogen) atoms. The van der Waals surface area contributed by atoms with Crippen molar-refractivity contribution in [1.82, 2.24) is 0 Å². The number of ether oxygens (including phenoxy) is 3. The zero-order valence-electron chi connectivity index (χ0n) is 9.68. The van der Waals surface area contributed by atoms with Crippen molar-refractivity contribution in [3.63, 3.8) is 0 Å². The molecule has 0 radical (unpaired) electrons. The largest absolute Gasteiger partial charge is 0.497 e. The van der Waals surface area contributed by atoms with E-state index in [1.54, 1.807) is 14.2 Å². The Morgan fingerprint density at radius 2 is 2.12 bits per heavy atom. The topological polar surface area (TPSA) is 47.9 Å². The summed E-state index contributed by atoms with van der Waals surface area (Å²) in [6.45, 7) is 0.162. The van der Waals surface area contributed by atoms with E-state index in [1.807, 2.05) is 24.3 Å². The number of hydrogen-bond donors (Lipinski definition) is 1. The van der Waals surface area contributed by atoms with Crippen LogP contribution in [0.4, 0.5) is 0 Å². The Kier molecular flexibility index (Phi) is 5.85. The average Bonchev–Trinajstić information content (AvgIpc) is 2.34. The molecule has 0 saturated heterocycles. The summed E-state index contributed by atoms with van der Waals surface area (Å²) < 4.78 is 15.2. The minimum absolute atomic E-state index is 0.0272. The van der Waals surface area contributed by atoms with Gasteiger partial charge in [0.2, 0.25) is 0 Å². The van der Waals surface area contributed by atoms with E-state index >= 15 is 0 Å². The summed E-state index contributed by atoms with van der Waals surface area (Å²) in [6, 6.07) is 7.70. The lowest BCUT2D eigenvalue weighted by atomic mass is 10.1. The van der Waals surface area contributed by atoms with Crippen LogP contribution >= 0.6 is 0 Å². The van der Waals surface area contributed by atoms with Crippen molar-refractivity contribution in [2.75, 3.05) is 27.6 Å². The Morgan fingerprint density at radius 3 is 2.75 bits per heavy atom. The van der Waals surface area contributed by atoms with Gasteiger partial charge < -0.3 is 19.3 Å². The second-order valence-corrected chi connectivity index (χ2v) is 3.43. The monoisotopic (exact) mass is 226 g/mol. The fraction of sp³-hybridized carbons (Fsp3) is 0.500. The van der Waals surface area contributed by atoms with Crippen molar-refractivity contribution in [1.29, 1.82) is 0 Å². The van der Waals surface area contributed by atoms with Gasteiger partial charge in [-0.1, -0.05) is 12.1 Å². The Balaban J connectivity index is 2.55. The van der Waals surface area contributed by atoms with Crippen molar-refractivity contribution < 1.29 is 19.3 Å². The molecule has 90 valence electrons. The van der Waals surface area contributed by atoms with Crippen LogP contribution in [0.25, 0.3) is 0 Å². The molecule has 1 unspecified atom stereocenters. The Labute approximate surface area is 95.8 Å². The summed E-state index contributed by atoms with van der Waals surface area (Å²) >= 11 is 0. The van der Waals surface area contributed by atoms with Gasteiger partial charge in [0.05, 0.1) is 19.8 Å². The highest BCUT2D eigenvalue weighted by molar-refractivity contribution is 5.28. The smallest absolute Gasteiger partial charge is 0.146 e. The Bertz CT molecular complexity index is 301. The van der Waals surface area contributed by atoms with E-state index in [4.69, 9.17) is 19.3 Å². The Hall–Kier alpha value is -1.10.